The molecule has 28 heavy (non-hydrogen) atoms. The van der Waals surface area contributed by atoms with E-state index in [1.807, 2.05) is 6.80 Å². The first-order valence-electron chi connectivity index (χ1n) is 12.0. The molecular weight excluding hydrogens is 565 g/mol. The molecule has 159 valence electrons. The van der Waals surface area contributed by atoms with Gasteiger partial charge in [0.05, 0.1) is 0 Å². The number of fused-ring (bicyclic) bond motifs is 2. The molecule has 1 atom stereocenters. The van der Waals surface area contributed by atoms with E-state index in [4.69, 9.17) is 0 Å². The number of hydrogen-bond acceptors (Lipinski definition) is 0. The van der Waals surface area contributed by atoms with E-state index < -0.39 is 45.6 Å². The van der Waals surface area contributed by atoms with Crippen LogP contribution >= 0.6 is 0 Å². The Bertz CT molecular complexity index is 574. The Morgan fingerprint density at radius 1 is 0.857 bits per heavy atom. The van der Waals surface area contributed by atoms with E-state index in [1.165, 1.54) is 38.5 Å². The van der Waals surface area contributed by atoms with Crippen molar-refractivity contribution >= 4 is 52.3 Å². The zero-order valence-electron chi connectivity index (χ0n) is 21.1. The third-order valence-corrected chi connectivity index (χ3v) is 46.8. The van der Waals surface area contributed by atoms with Gasteiger partial charge in [0.1, 0.15) is 0 Å². The predicted molar refractivity (Wildman–Crippen MR) is 139 cm³/mol. The molecule has 0 aliphatic carbocycles. The molecule has 2 heterocycles. The Labute approximate surface area is 188 Å². The standard InChI is InChI=1S/C18H30BSi.6CH3.2Sn/c1-7-16(20(5)6)17(18(2,3)4)19-14-10-8-11-15(19)13-9-12-14;;;;;;;;/h14-15,17H,8-13H2,2-6H3;6*1H3;;/t14?,15?,17-;;;;;;;;/m0......../s1. The monoisotopic (exact) mass is 615 g/mol. The second-order valence-electron chi connectivity index (χ2n) is 13.2. The Hall–Kier alpha value is 1.40. The van der Waals surface area contributed by atoms with Gasteiger partial charge in [-0.1, -0.05) is 0 Å². The van der Waals surface area contributed by atoms with Gasteiger partial charge >= 0.3 is 190 Å². The van der Waals surface area contributed by atoms with E-state index in [2.05, 4.69) is 69.2 Å². The molecule has 2 saturated heterocycles. The molecule has 0 aromatic heterocycles. The van der Waals surface area contributed by atoms with Crippen LogP contribution in [0.3, 0.4) is 0 Å². The summed E-state index contributed by atoms with van der Waals surface area (Å²) in [4.78, 5) is 15.9. The summed E-state index contributed by atoms with van der Waals surface area (Å²) in [6, 6.07) is 0. The predicted octanol–water partition coefficient (Wildman–Crippen LogP) is 8.51. The average molecular weight is 613 g/mol. The van der Waals surface area contributed by atoms with E-state index in [-0.39, 0.29) is 0 Å². The molecule has 2 bridgehead atoms. The minimum atomic E-state index is -2.13. The van der Waals surface area contributed by atoms with Gasteiger partial charge in [0.25, 0.3) is 0 Å². The number of rotatable bonds is 5. The van der Waals surface area contributed by atoms with Crippen LogP contribution in [0, 0.1) is 5.41 Å². The summed E-state index contributed by atoms with van der Waals surface area (Å²) in [5.41, 5.74) is 4.76. The van der Waals surface area contributed by atoms with Crippen LogP contribution < -0.4 is 0 Å². The first-order valence-corrected chi connectivity index (χ1v) is 34.4. The zero-order chi connectivity index (χ0) is 21.5. The molecule has 0 aromatic rings. The van der Waals surface area contributed by atoms with E-state index in [9.17, 15) is 0 Å². The molecule has 0 N–H and O–H groups in total. The molecule has 0 aromatic carbocycles. The first-order chi connectivity index (χ1) is 12.6. The van der Waals surface area contributed by atoms with Gasteiger partial charge in [-0.3, -0.25) is 0 Å². The molecule has 0 amide bonds. The minimum absolute atomic E-state index is 0.367. The molecule has 0 unspecified atom stereocenters. The van der Waals surface area contributed by atoms with Crippen LogP contribution in [-0.2, 0) is 0 Å². The Kier molecular flexibility index (Phi) is 8.70. The second kappa shape index (κ2) is 9.49. The van der Waals surface area contributed by atoms with E-state index in [0.29, 0.717) is 5.41 Å². The first kappa shape index (κ1) is 25.7. The average Bonchev–Trinajstić information content (AvgIpc) is 2.46. The van der Waals surface area contributed by atoms with Gasteiger partial charge < -0.3 is 0 Å². The summed E-state index contributed by atoms with van der Waals surface area (Å²) in [6.07, 6.45) is 9.01. The fourth-order valence-electron chi connectivity index (χ4n) is 6.62. The van der Waals surface area contributed by atoms with Crippen LogP contribution in [0.5, 0.6) is 0 Å². The van der Waals surface area contributed by atoms with Crippen molar-refractivity contribution in [1.29, 1.82) is 0 Å². The van der Waals surface area contributed by atoms with Gasteiger partial charge in [-0.05, 0) is 0 Å². The van der Waals surface area contributed by atoms with Crippen molar-refractivity contribution in [2.24, 2.45) is 5.41 Å². The Morgan fingerprint density at radius 3 is 1.54 bits per heavy atom. The molecule has 2 aliphatic rings. The molecule has 4 heteroatoms. The fourth-order valence-corrected chi connectivity index (χ4v) is 61.4. The van der Waals surface area contributed by atoms with Crippen LogP contribution in [0.15, 0.2) is 12.5 Å². The summed E-state index contributed by atoms with van der Waals surface area (Å²) < 4.78 is 1.94. The van der Waals surface area contributed by atoms with Gasteiger partial charge in [0.2, 0.25) is 0 Å². The van der Waals surface area contributed by atoms with Crippen molar-refractivity contribution in [3.05, 3.63) is 12.5 Å². The summed E-state index contributed by atoms with van der Waals surface area (Å²) >= 11 is -4.26. The van der Waals surface area contributed by atoms with Gasteiger partial charge in [0, 0.05) is 0 Å². The van der Waals surface area contributed by atoms with Crippen molar-refractivity contribution in [2.45, 2.75) is 119 Å². The Balaban J connectivity index is 2.72. The molecule has 1 radical (unpaired) electrons. The molecule has 0 spiro atoms. The molecule has 2 fully saturated rings. The quantitative estimate of drug-likeness (QED) is 0.216. The van der Waals surface area contributed by atoms with Crippen molar-refractivity contribution in [3.8, 4) is 0 Å². The molecule has 0 nitrogen and oxygen atoms in total. The van der Waals surface area contributed by atoms with E-state index >= 15 is 0 Å². The normalized spacial score (nSPS) is 24.8. The number of allylic oxidation sites excluding steroid dienone is 1. The molecule has 2 rings (SSSR count). The molecule has 0 saturated carbocycles. The van der Waals surface area contributed by atoms with Crippen LogP contribution in [-0.4, -0.2) is 52.3 Å². The van der Waals surface area contributed by atoms with Crippen LogP contribution in [0.2, 0.25) is 60.2 Å². The summed E-state index contributed by atoms with van der Waals surface area (Å²) in [7, 11) is -0.495. The molecule has 2 aliphatic heterocycles. The maximum absolute atomic E-state index is 4.39. The van der Waals surface area contributed by atoms with Crippen molar-refractivity contribution in [1.82, 2.24) is 0 Å². The zero-order valence-corrected chi connectivity index (χ0v) is 27.8. The van der Waals surface area contributed by atoms with Crippen LogP contribution in [0.4, 0.5) is 0 Å². The van der Waals surface area contributed by atoms with Gasteiger partial charge in [-0.25, -0.2) is 0 Å². The van der Waals surface area contributed by atoms with Crippen LogP contribution in [0.25, 0.3) is 0 Å². The Morgan fingerprint density at radius 2 is 1.25 bits per heavy atom. The maximum atomic E-state index is 4.39. The SMILES string of the molecule is C[Si](C)C(=C=[C]([Sn]([CH3])([CH3])[CH3])[Sn]([CH3])([CH3])[CH3])[C@H](B1C2CCCC1CCC2)C(C)(C)C. The summed E-state index contributed by atoms with van der Waals surface area (Å²) in [5, 5.41) is 1.83. The summed E-state index contributed by atoms with van der Waals surface area (Å²) in [6.45, 7) is 13.7. The molecular formula is C24H48BSiSn2. The van der Waals surface area contributed by atoms with Gasteiger partial charge in [0.15, 0.2) is 0 Å². The third-order valence-electron chi connectivity index (χ3n) is 7.32. The van der Waals surface area contributed by atoms with Gasteiger partial charge in [-0.15, -0.1) is 0 Å². The van der Waals surface area contributed by atoms with E-state index in [1.54, 1.807) is 0 Å². The fraction of sp³-hybridized carbons (Fsp3) is 0.875. The third kappa shape index (κ3) is 6.22. The summed E-state index contributed by atoms with van der Waals surface area (Å²) in [5.74, 6) is 2.76. The second-order valence-corrected chi connectivity index (χ2v) is 48.4. The van der Waals surface area contributed by atoms with Crippen molar-refractivity contribution in [3.63, 3.8) is 0 Å². The number of hydrogen-bond donors (Lipinski definition) is 0. The van der Waals surface area contributed by atoms with Gasteiger partial charge in [-0.2, -0.15) is 0 Å². The van der Waals surface area contributed by atoms with Crippen LogP contribution in [0.1, 0.15) is 59.3 Å². The van der Waals surface area contributed by atoms with Crippen molar-refractivity contribution < 1.29 is 0 Å². The topological polar surface area (TPSA) is 0 Å². The van der Waals surface area contributed by atoms with Crippen molar-refractivity contribution in [2.75, 3.05) is 0 Å². The van der Waals surface area contributed by atoms with E-state index in [0.717, 1.165) is 24.2 Å².